The lowest BCUT2D eigenvalue weighted by molar-refractivity contribution is -0.144. The Kier molecular flexibility index (Phi) is 5.00. The summed E-state index contributed by atoms with van der Waals surface area (Å²) in [5.41, 5.74) is -1.29. The van der Waals surface area contributed by atoms with E-state index in [1.54, 1.807) is 22.9 Å². The Morgan fingerprint density at radius 1 is 1.62 bits per heavy atom. The van der Waals surface area contributed by atoms with E-state index in [-0.39, 0.29) is 30.3 Å². The number of halogens is 1. The fraction of sp³-hybridized carbons (Fsp3) is 0.909. The maximum atomic E-state index is 11.7. The smallest absolute Gasteiger partial charge is 0.260 e. The van der Waals surface area contributed by atoms with Gasteiger partial charge in [-0.2, -0.15) is 0 Å². The molecule has 1 rings (SSSR count). The Bertz CT molecular complexity index is 260. The van der Waals surface area contributed by atoms with Gasteiger partial charge in [-0.25, -0.2) is 0 Å². The first-order valence-corrected chi connectivity index (χ1v) is 6.79. The van der Waals surface area contributed by atoms with Gasteiger partial charge in [-0.05, 0) is 31.1 Å². The molecule has 94 valence electrons. The second-order valence-electron chi connectivity index (χ2n) is 4.94. The van der Waals surface area contributed by atoms with E-state index < -0.39 is 5.60 Å². The third-order valence-corrected chi connectivity index (χ3v) is 4.24. The molecule has 0 aromatic heterocycles. The van der Waals surface area contributed by atoms with Crippen molar-refractivity contribution in [3.05, 3.63) is 0 Å². The van der Waals surface area contributed by atoms with Gasteiger partial charge in [-0.3, -0.25) is 8.32 Å². The summed E-state index contributed by atoms with van der Waals surface area (Å²) in [5.74, 6) is -0.204. The number of carbonyl (C=O) groups is 1. The highest BCUT2D eigenvalue weighted by molar-refractivity contribution is 14.1. The topological polar surface area (TPSA) is 69.6 Å². The summed E-state index contributed by atoms with van der Waals surface area (Å²) in [5, 5.41) is 19.8. The van der Waals surface area contributed by atoms with E-state index in [1.807, 2.05) is 13.8 Å². The Morgan fingerprint density at radius 3 is 2.69 bits per heavy atom. The van der Waals surface area contributed by atoms with Crippen molar-refractivity contribution in [1.82, 2.24) is 3.53 Å². The van der Waals surface area contributed by atoms with E-state index in [4.69, 9.17) is 0 Å². The molecule has 16 heavy (non-hydrogen) atoms. The summed E-state index contributed by atoms with van der Waals surface area (Å²) in [4.78, 5) is 11.7. The van der Waals surface area contributed by atoms with Gasteiger partial charge in [0.2, 0.25) is 0 Å². The lowest BCUT2D eigenvalue weighted by Gasteiger charge is -2.35. The maximum absolute atomic E-state index is 11.7. The number of aliphatic hydroxyl groups excluding tert-OH is 1. The number of amides is 1. The van der Waals surface area contributed by atoms with Crippen molar-refractivity contribution < 1.29 is 15.0 Å². The van der Waals surface area contributed by atoms with Crippen LogP contribution in [0, 0.1) is 17.8 Å². The van der Waals surface area contributed by atoms with Gasteiger partial charge in [0.05, 0.1) is 22.9 Å². The number of rotatable bonds is 4. The Hall–Kier alpha value is 0.120. The first-order valence-electron chi connectivity index (χ1n) is 5.71. The largest absolute Gasteiger partial charge is 0.396 e. The summed E-state index contributed by atoms with van der Waals surface area (Å²) >= 11 is 1.75. The minimum Gasteiger partial charge on any atom is -0.396 e. The van der Waals surface area contributed by atoms with Gasteiger partial charge in [0.1, 0.15) is 5.60 Å². The molecule has 0 radical (unpaired) electrons. The Labute approximate surface area is 110 Å². The molecule has 4 nitrogen and oxygen atoms in total. The number of hydrogen-bond donors (Lipinski definition) is 3. The molecule has 1 amide bonds. The van der Waals surface area contributed by atoms with Crippen LogP contribution in [0.3, 0.4) is 0 Å². The normalized spacial score (nSPS) is 31.8. The van der Waals surface area contributed by atoms with Gasteiger partial charge in [0.15, 0.2) is 0 Å². The van der Waals surface area contributed by atoms with Crippen molar-refractivity contribution in [2.24, 2.45) is 17.8 Å². The quantitative estimate of drug-likeness (QED) is 0.533. The molecular weight excluding hydrogens is 321 g/mol. The average Bonchev–Trinajstić information content (AvgIpc) is 2.62. The highest BCUT2D eigenvalue weighted by Crippen LogP contribution is 2.43. The van der Waals surface area contributed by atoms with Crippen LogP contribution in [0.25, 0.3) is 0 Å². The summed E-state index contributed by atoms with van der Waals surface area (Å²) in [6, 6.07) is 0. The van der Waals surface area contributed by atoms with Crippen LogP contribution in [0.2, 0.25) is 0 Å². The third-order valence-electron chi connectivity index (χ3n) is 3.75. The molecule has 0 aromatic rings. The fourth-order valence-corrected chi connectivity index (χ4v) is 3.22. The van der Waals surface area contributed by atoms with Crippen LogP contribution < -0.4 is 3.53 Å². The third kappa shape index (κ3) is 2.51. The highest BCUT2D eigenvalue weighted by atomic mass is 127. The van der Waals surface area contributed by atoms with E-state index in [0.29, 0.717) is 6.42 Å². The summed E-state index contributed by atoms with van der Waals surface area (Å²) in [6.45, 7) is 4.06. The van der Waals surface area contributed by atoms with Gasteiger partial charge < -0.3 is 10.2 Å². The molecule has 1 saturated carbocycles. The molecule has 0 heterocycles. The molecule has 0 spiro atoms. The lowest BCUT2D eigenvalue weighted by atomic mass is 9.75. The van der Waals surface area contributed by atoms with Gasteiger partial charge in [0.25, 0.3) is 5.91 Å². The molecule has 0 saturated heterocycles. The highest BCUT2D eigenvalue weighted by Gasteiger charge is 2.50. The molecule has 0 aliphatic heterocycles. The summed E-state index contributed by atoms with van der Waals surface area (Å²) < 4.78 is 2.49. The first kappa shape index (κ1) is 14.2. The Morgan fingerprint density at radius 2 is 2.25 bits per heavy atom. The zero-order chi connectivity index (χ0) is 12.3. The molecule has 1 aliphatic rings. The second kappa shape index (κ2) is 5.64. The van der Waals surface area contributed by atoms with Gasteiger partial charge in [0, 0.05) is 12.5 Å². The van der Waals surface area contributed by atoms with E-state index >= 15 is 0 Å². The van der Waals surface area contributed by atoms with E-state index in [9.17, 15) is 15.0 Å². The van der Waals surface area contributed by atoms with Gasteiger partial charge in [-0.15, -0.1) is 0 Å². The minimum atomic E-state index is -1.29. The zero-order valence-electron chi connectivity index (χ0n) is 9.74. The SMILES string of the molecule is CC(C)C(CO)C1CCCC1(O)C(=O)NI. The van der Waals surface area contributed by atoms with Crippen LogP contribution in [0.1, 0.15) is 33.1 Å². The molecule has 3 atom stereocenters. The predicted molar refractivity (Wildman–Crippen MR) is 69.9 cm³/mol. The molecule has 0 bridgehead atoms. The monoisotopic (exact) mass is 341 g/mol. The number of hydrogen-bond acceptors (Lipinski definition) is 3. The van der Waals surface area contributed by atoms with E-state index in [2.05, 4.69) is 3.53 Å². The van der Waals surface area contributed by atoms with Crippen molar-refractivity contribution in [2.75, 3.05) is 6.61 Å². The molecular formula is C11H20INO3. The summed E-state index contributed by atoms with van der Waals surface area (Å²) in [6.07, 6.45) is 2.15. The van der Waals surface area contributed by atoms with Crippen molar-refractivity contribution in [3.63, 3.8) is 0 Å². The number of nitrogens with one attached hydrogen (secondary N) is 1. The minimum absolute atomic E-state index is 0.0128. The summed E-state index contributed by atoms with van der Waals surface area (Å²) in [7, 11) is 0. The van der Waals surface area contributed by atoms with Crippen LogP contribution >= 0.6 is 22.9 Å². The Balaban J connectivity index is 2.90. The van der Waals surface area contributed by atoms with Gasteiger partial charge >= 0.3 is 0 Å². The van der Waals surface area contributed by atoms with Crippen LogP contribution in [0.15, 0.2) is 0 Å². The predicted octanol–water partition coefficient (Wildman–Crippen LogP) is 1.25. The van der Waals surface area contributed by atoms with Crippen LogP contribution in [0.4, 0.5) is 0 Å². The maximum Gasteiger partial charge on any atom is 0.260 e. The molecule has 1 fully saturated rings. The fourth-order valence-electron chi connectivity index (χ4n) is 2.75. The van der Waals surface area contributed by atoms with Crippen LogP contribution in [0.5, 0.6) is 0 Å². The van der Waals surface area contributed by atoms with Crippen molar-refractivity contribution in [3.8, 4) is 0 Å². The number of carbonyl (C=O) groups excluding carboxylic acids is 1. The van der Waals surface area contributed by atoms with Crippen LogP contribution in [-0.2, 0) is 4.79 Å². The molecule has 3 unspecified atom stereocenters. The average molecular weight is 341 g/mol. The number of aliphatic hydroxyl groups is 2. The standard InChI is InChI=1S/C11H20INO3/c1-7(2)8(6-14)9-4-3-5-11(9,16)10(15)13-12/h7-9,14,16H,3-6H2,1-2H3,(H,13,15). The van der Waals surface area contributed by atoms with Gasteiger partial charge in [-0.1, -0.05) is 13.8 Å². The second-order valence-corrected chi connectivity index (χ2v) is 5.48. The van der Waals surface area contributed by atoms with Crippen molar-refractivity contribution in [2.45, 2.75) is 38.7 Å². The van der Waals surface area contributed by atoms with Crippen molar-refractivity contribution >= 4 is 28.8 Å². The molecule has 1 aliphatic carbocycles. The van der Waals surface area contributed by atoms with Crippen LogP contribution in [-0.4, -0.2) is 28.3 Å². The van der Waals surface area contributed by atoms with Crippen molar-refractivity contribution in [1.29, 1.82) is 0 Å². The lowest BCUT2D eigenvalue weighted by Crippen LogP contribution is -2.50. The molecule has 0 aromatic carbocycles. The van der Waals surface area contributed by atoms with E-state index in [1.165, 1.54) is 0 Å². The zero-order valence-corrected chi connectivity index (χ0v) is 11.9. The molecule has 3 N–H and O–H groups in total. The van der Waals surface area contributed by atoms with E-state index in [0.717, 1.165) is 12.8 Å². The molecule has 5 heteroatoms. The first-order chi connectivity index (χ1) is 7.47.